The number of aliphatic carboxylic acids is 5. The normalized spacial score (nSPS) is 5.71. The summed E-state index contributed by atoms with van der Waals surface area (Å²) in [5.74, 6) is -4.91. The third-order valence-electron chi connectivity index (χ3n) is 0.873. The van der Waals surface area contributed by atoms with Gasteiger partial charge < -0.3 is 29.8 Å². The maximum Gasteiger partial charge on any atom is 1.00 e. The summed E-state index contributed by atoms with van der Waals surface area (Å²) in [7, 11) is 0. The van der Waals surface area contributed by atoms with Crippen LogP contribution in [0.5, 0.6) is 0 Å². The number of carboxylic acid groups (broad SMARTS) is 5. The molecule has 5 N–H and O–H groups in total. The van der Waals surface area contributed by atoms with Gasteiger partial charge in [-0.3, -0.25) is 0 Å². The predicted molar refractivity (Wildman–Crippen MR) is 92.5 cm³/mol. The van der Waals surface area contributed by atoms with Crippen molar-refractivity contribution in [2.45, 2.75) is 0 Å². The van der Waals surface area contributed by atoms with Crippen molar-refractivity contribution < 1.29 is 142 Å². The van der Waals surface area contributed by atoms with E-state index in [0.717, 1.165) is 30.4 Å². The van der Waals surface area contributed by atoms with Crippen molar-refractivity contribution in [1.82, 2.24) is 0 Å². The number of hydrogen-bond donors (Lipinski definition) is 5. The van der Waals surface area contributed by atoms with Crippen molar-refractivity contribution in [2.75, 3.05) is 0 Å². The third-order valence-corrected chi connectivity index (χ3v) is 0.873. The van der Waals surface area contributed by atoms with Crippen molar-refractivity contribution in [3.63, 3.8) is 0 Å². The average Bonchev–Trinajstić information content (AvgIpc) is 2.56. The van der Waals surface area contributed by atoms with Gasteiger partial charge in [0.2, 0.25) is 0 Å². The number of hydrogen-bond acceptors (Lipinski definition) is 5. The summed E-state index contributed by atoms with van der Waals surface area (Å²) in [6, 6.07) is 0. The fourth-order valence-electron chi connectivity index (χ4n) is 0. The Labute approximate surface area is 233 Å². The van der Waals surface area contributed by atoms with Crippen LogP contribution in [0, 0.1) is 0 Å². The average molecular weight is 432 g/mol. The van der Waals surface area contributed by atoms with Gasteiger partial charge >= 0.3 is 119 Å². The van der Waals surface area contributed by atoms with E-state index in [1.54, 1.807) is 0 Å². The molecule has 0 aromatic carbocycles. The van der Waals surface area contributed by atoms with E-state index < -0.39 is 29.8 Å². The molecule has 0 heterocycles. The summed E-state index contributed by atoms with van der Waals surface area (Å²) < 4.78 is 0. The molecule has 0 rings (SSSR count). The molecule has 0 unspecified atom stereocenters. The summed E-state index contributed by atoms with van der Waals surface area (Å²) in [5.41, 5.74) is 0. The van der Waals surface area contributed by atoms with E-state index >= 15 is 0 Å². The smallest absolute Gasteiger partial charge is 1.00 e. The minimum Gasteiger partial charge on any atom is -1.00 e. The minimum absolute atomic E-state index is 0. The molecule has 0 fully saturated rings. The van der Waals surface area contributed by atoms with Crippen LogP contribution in [0.25, 0.3) is 0 Å². The Hall–Kier alpha value is -0.950. The Morgan fingerprint density at radius 2 is 0.464 bits per heavy atom. The zero-order valence-electron chi connectivity index (χ0n) is 19.2. The molecule has 0 aliphatic heterocycles. The maximum atomic E-state index is 9.25. The Balaban J connectivity index is -0.0000000171. The largest absolute Gasteiger partial charge is 1.00 e. The zero-order valence-corrected chi connectivity index (χ0v) is 22.2. The second-order valence-electron chi connectivity index (χ2n) is 2.71. The minimum atomic E-state index is -0.981. The fourth-order valence-corrected chi connectivity index (χ4v) is 0. The van der Waals surface area contributed by atoms with Gasteiger partial charge in [0.05, 0.1) is 0 Å². The van der Waals surface area contributed by atoms with E-state index in [2.05, 4.69) is 32.9 Å². The van der Waals surface area contributed by atoms with Crippen molar-refractivity contribution in [3.8, 4) is 0 Å². The van der Waals surface area contributed by atoms with E-state index in [4.69, 9.17) is 25.5 Å². The van der Waals surface area contributed by atoms with Crippen LogP contribution in [0.2, 0.25) is 0 Å². The summed E-state index contributed by atoms with van der Waals surface area (Å²) in [6.07, 6.45) is 4.17. The summed E-state index contributed by atoms with van der Waals surface area (Å²) in [6.45, 7) is 14.8. The first kappa shape index (κ1) is 50.6. The van der Waals surface area contributed by atoms with Crippen molar-refractivity contribution in [1.29, 1.82) is 0 Å². The van der Waals surface area contributed by atoms with Gasteiger partial charge in [0, 0.05) is 30.4 Å². The van der Waals surface area contributed by atoms with Gasteiger partial charge in [-0.25, -0.2) is 24.0 Å². The molecule has 0 atom stereocenters. The Morgan fingerprint density at radius 1 is 0.429 bits per heavy atom. The molecule has 0 saturated heterocycles. The standard InChI is InChI=1S/5C3H4O2.3Na.3H/c5*1-2-3(4)5;;;;;;/h5*2H,1H2,(H,4,5);;;;;;/q;;;;;3*+1;3*-1. The van der Waals surface area contributed by atoms with Gasteiger partial charge in [-0.2, -0.15) is 0 Å². The van der Waals surface area contributed by atoms with Crippen LogP contribution in [0.15, 0.2) is 63.3 Å². The number of rotatable bonds is 5. The predicted octanol–water partition coefficient (Wildman–Crippen LogP) is -7.37. The molecule has 0 aliphatic carbocycles. The molecular weight excluding hydrogens is 409 g/mol. The van der Waals surface area contributed by atoms with Crippen LogP contribution in [-0.4, -0.2) is 55.4 Å². The molecule has 0 aromatic heterocycles. The van der Waals surface area contributed by atoms with Crippen LogP contribution >= 0.6 is 0 Å². The SMILES string of the molecule is C=CC(=O)O.C=CC(=O)O.C=CC(=O)O.C=CC(=O)O.C=CC(=O)O.[H-].[H-].[H-].[Na+].[Na+].[Na+]. The molecule has 146 valence electrons. The Kier molecular flexibility index (Phi) is 81.4. The van der Waals surface area contributed by atoms with E-state index in [-0.39, 0.29) is 93.0 Å². The molecule has 0 bridgehead atoms. The molecule has 10 nitrogen and oxygen atoms in total. The van der Waals surface area contributed by atoms with E-state index in [9.17, 15) is 24.0 Å². The molecule has 0 radical (unpaired) electrons. The zero-order chi connectivity index (χ0) is 21.4. The van der Waals surface area contributed by atoms with E-state index in [0.29, 0.717) is 0 Å². The molecule has 0 saturated carbocycles. The molecule has 0 aliphatic rings. The monoisotopic (exact) mass is 432 g/mol. The van der Waals surface area contributed by atoms with Gasteiger partial charge in [0.25, 0.3) is 0 Å². The van der Waals surface area contributed by atoms with Gasteiger partial charge in [-0.1, -0.05) is 32.9 Å². The quantitative estimate of drug-likeness (QED) is 0.206. The maximum absolute atomic E-state index is 9.25. The number of carbonyl (C=O) groups is 5. The van der Waals surface area contributed by atoms with Gasteiger partial charge in [-0.15, -0.1) is 0 Å². The number of carboxylic acids is 5. The molecule has 0 amide bonds. The van der Waals surface area contributed by atoms with Crippen LogP contribution in [-0.2, 0) is 24.0 Å². The first-order chi connectivity index (χ1) is 11.4. The Morgan fingerprint density at radius 3 is 0.464 bits per heavy atom. The van der Waals surface area contributed by atoms with Crippen molar-refractivity contribution in [2.24, 2.45) is 0 Å². The molecule has 13 heteroatoms. The van der Waals surface area contributed by atoms with Crippen molar-refractivity contribution in [3.05, 3.63) is 63.3 Å². The molecular formula is C15H23Na3O10. The summed E-state index contributed by atoms with van der Waals surface area (Å²) in [4.78, 5) is 46.2. The van der Waals surface area contributed by atoms with Crippen molar-refractivity contribution >= 4 is 29.8 Å². The molecule has 0 aromatic rings. The fraction of sp³-hybridized carbons (Fsp3) is 0. The first-order valence-corrected chi connectivity index (χ1v) is 5.62. The van der Waals surface area contributed by atoms with Crippen LogP contribution in [0.3, 0.4) is 0 Å². The van der Waals surface area contributed by atoms with E-state index in [1.165, 1.54) is 0 Å². The van der Waals surface area contributed by atoms with Crippen LogP contribution in [0.1, 0.15) is 4.28 Å². The van der Waals surface area contributed by atoms with Gasteiger partial charge in [-0.05, 0) is 0 Å². The van der Waals surface area contributed by atoms with Gasteiger partial charge in [0.15, 0.2) is 0 Å². The van der Waals surface area contributed by atoms with Crippen LogP contribution in [0.4, 0.5) is 0 Å². The summed E-state index contributed by atoms with van der Waals surface area (Å²) in [5, 5.41) is 38.0. The third kappa shape index (κ3) is 177. The summed E-state index contributed by atoms with van der Waals surface area (Å²) >= 11 is 0. The van der Waals surface area contributed by atoms with E-state index in [1.807, 2.05) is 0 Å². The van der Waals surface area contributed by atoms with Crippen LogP contribution < -0.4 is 88.7 Å². The molecule has 0 spiro atoms. The topological polar surface area (TPSA) is 186 Å². The van der Waals surface area contributed by atoms with Gasteiger partial charge in [0.1, 0.15) is 0 Å². The Bertz CT molecular complexity index is 412. The first-order valence-electron chi connectivity index (χ1n) is 5.62. The molecule has 28 heavy (non-hydrogen) atoms. The second-order valence-corrected chi connectivity index (χ2v) is 2.71. The second kappa shape index (κ2) is 45.0.